The molecule has 0 radical (unpaired) electrons. The Kier molecular flexibility index (Phi) is 4.72. The number of benzene rings is 1. The smallest absolute Gasteiger partial charge is 0.147 e. The van der Waals surface area contributed by atoms with Crippen molar-refractivity contribution < 1.29 is 4.74 Å². The molecule has 2 rings (SSSR count). The maximum atomic E-state index is 9.00. The Labute approximate surface area is 126 Å². The third-order valence-electron chi connectivity index (χ3n) is 2.84. The summed E-state index contributed by atoms with van der Waals surface area (Å²) in [5.74, 6) is 0.718. The van der Waals surface area contributed by atoms with Crippen LogP contribution in [0.4, 0.5) is 0 Å². The molecule has 2 N–H and O–H groups in total. The third-order valence-corrected chi connectivity index (χ3v) is 3.34. The maximum Gasteiger partial charge on any atom is 0.147 e. The number of nitrogens with two attached hydrogens (primary N) is 1. The molecule has 1 heterocycles. The van der Waals surface area contributed by atoms with Gasteiger partial charge in [-0.15, -0.1) is 0 Å². The minimum atomic E-state index is -0.133. The van der Waals surface area contributed by atoms with Gasteiger partial charge in [0.05, 0.1) is 0 Å². The van der Waals surface area contributed by atoms with Gasteiger partial charge < -0.3 is 10.5 Å². The zero-order valence-corrected chi connectivity index (χ0v) is 12.6. The summed E-state index contributed by atoms with van der Waals surface area (Å²) in [7, 11) is 0. The molecule has 0 bridgehead atoms. The van der Waals surface area contributed by atoms with Gasteiger partial charge in [-0.25, -0.2) is 4.98 Å². The van der Waals surface area contributed by atoms with Crippen molar-refractivity contribution in [2.45, 2.75) is 19.6 Å². The summed E-state index contributed by atoms with van der Waals surface area (Å²) in [4.78, 5) is 4.01. The van der Waals surface area contributed by atoms with Crippen LogP contribution in [-0.4, -0.2) is 4.98 Å². The predicted octanol–water partition coefficient (Wildman–Crippen LogP) is 3.31. The number of pyridine rings is 1. The third kappa shape index (κ3) is 3.35. The van der Waals surface area contributed by atoms with E-state index in [1.54, 1.807) is 12.3 Å². The van der Waals surface area contributed by atoms with Crippen molar-refractivity contribution >= 4 is 15.9 Å². The van der Waals surface area contributed by atoms with Crippen LogP contribution in [0.25, 0.3) is 0 Å². The molecular weight excluding hydrogens is 318 g/mol. The zero-order valence-electron chi connectivity index (χ0n) is 11.0. The van der Waals surface area contributed by atoms with Crippen molar-refractivity contribution in [2.75, 3.05) is 0 Å². The van der Waals surface area contributed by atoms with E-state index in [4.69, 9.17) is 15.7 Å². The molecule has 0 amide bonds. The molecule has 4 nitrogen and oxygen atoms in total. The largest absolute Gasteiger partial charge is 0.488 e. The Hall–Kier alpha value is -1.90. The Balaban J connectivity index is 2.21. The van der Waals surface area contributed by atoms with Gasteiger partial charge in [0.15, 0.2) is 0 Å². The predicted molar refractivity (Wildman–Crippen MR) is 80.0 cm³/mol. The second-order valence-corrected chi connectivity index (χ2v) is 5.30. The van der Waals surface area contributed by atoms with Gasteiger partial charge in [0.2, 0.25) is 0 Å². The molecule has 0 saturated carbocycles. The summed E-state index contributed by atoms with van der Waals surface area (Å²) in [6.07, 6.45) is 1.59. The van der Waals surface area contributed by atoms with Crippen molar-refractivity contribution in [1.29, 1.82) is 5.26 Å². The number of nitriles is 1. The first kappa shape index (κ1) is 14.5. The lowest BCUT2D eigenvalue weighted by atomic mass is 10.1. The van der Waals surface area contributed by atoms with E-state index in [0.29, 0.717) is 5.69 Å². The van der Waals surface area contributed by atoms with E-state index in [-0.39, 0.29) is 12.6 Å². The number of rotatable bonds is 4. The number of hydrogen-bond donors (Lipinski definition) is 1. The molecule has 0 saturated heterocycles. The van der Waals surface area contributed by atoms with Crippen molar-refractivity contribution in [1.82, 2.24) is 4.98 Å². The Morgan fingerprint density at radius 1 is 1.45 bits per heavy atom. The van der Waals surface area contributed by atoms with Crippen LogP contribution in [0.3, 0.4) is 0 Å². The standard InChI is InChI=1S/C15H14BrN3O/c1-10(18)13-7-12(16)4-5-15(13)20-9-11-3-2-6-19-14(11)8-17/h2-7,10H,9,18H2,1H3. The molecule has 0 spiro atoms. The zero-order chi connectivity index (χ0) is 14.5. The van der Waals surface area contributed by atoms with Crippen LogP contribution in [0, 0.1) is 11.3 Å². The van der Waals surface area contributed by atoms with Crippen LogP contribution in [0.15, 0.2) is 41.0 Å². The van der Waals surface area contributed by atoms with E-state index < -0.39 is 0 Å². The van der Waals surface area contributed by atoms with Gasteiger partial charge >= 0.3 is 0 Å². The molecule has 2 aromatic rings. The van der Waals surface area contributed by atoms with Gasteiger partial charge in [-0.3, -0.25) is 0 Å². The first-order valence-corrected chi connectivity index (χ1v) is 6.93. The maximum absolute atomic E-state index is 9.00. The highest BCUT2D eigenvalue weighted by Crippen LogP contribution is 2.28. The fourth-order valence-electron chi connectivity index (χ4n) is 1.82. The SMILES string of the molecule is CC(N)c1cc(Br)ccc1OCc1cccnc1C#N. The van der Waals surface area contributed by atoms with E-state index in [9.17, 15) is 0 Å². The quantitative estimate of drug-likeness (QED) is 0.932. The number of hydrogen-bond acceptors (Lipinski definition) is 4. The summed E-state index contributed by atoms with van der Waals surface area (Å²) >= 11 is 3.42. The molecule has 0 aliphatic heterocycles. The number of halogens is 1. The van der Waals surface area contributed by atoms with Crippen LogP contribution in [0.1, 0.15) is 29.8 Å². The van der Waals surface area contributed by atoms with E-state index in [2.05, 4.69) is 27.0 Å². The molecule has 0 aliphatic rings. The van der Waals surface area contributed by atoms with E-state index in [1.165, 1.54) is 0 Å². The highest BCUT2D eigenvalue weighted by molar-refractivity contribution is 9.10. The molecule has 1 atom stereocenters. The topological polar surface area (TPSA) is 71.9 Å². The molecule has 102 valence electrons. The molecular formula is C15H14BrN3O. The summed E-state index contributed by atoms with van der Waals surface area (Å²) < 4.78 is 6.74. The summed E-state index contributed by atoms with van der Waals surface area (Å²) in [5, 5.41) is 9.00. The van der Waals surface area contributed by atoms with Crippen LogP contribution >= 0.6 is 15.9 Å². The van der Waals surface area contributed by atoms with E-state index >= 15 is 0 Å². The van der Waals surface area contributed by atoms with Crippen LogP contribution in [0.5, 0.6) is 5.75 Å². The van der Waals surface area contributed by atoms with Crippen LogP contribution in [-0.2, 0) is 6.61 Å². The second kappa shape index (κ2) is 6.51. The Morgan fingerprint density at radius 3 is 2.95 bits per heavy atom. The lowest BCUT2D eigenvalue weighted by molar-refractivity contribution is 0.300. The van der Waals surface area contributed by atoms with Crippen LogP contribution in [0.2, 0.25) is 0 Å². The molecule has 0 fully saturated rings. The van der Waals surface area contributed by atoms with Gasteiger partial charge in [-0.2, -0.15) is 5.26 Å². The van der Waals surface area contributed by atoms with Gasteiger partial charge in [-0.05, 0) is 31.2 Å². The normalized spacial score (nSPS) is 11.7. The van der Waals surface area contributed by atoms with Gasteiger partial charge in [0.1, 0.15) is 24.1 Å². The number of ether oxygens (including phenoxy) is 1. The average Bonchev–Trinajstić information content (AvgIpc) is 2.46. The van der Waals surface area contributed by atoms with Gasteiger partial charge in [-0.1, -0.05) is 22.0 Å². The van der Waals surface area contributed by atoms with Gasteiger partial charge in [0.25, 0.3) is 0 Å². The van der Waals surface area contributed by atoms with Crippen molar-refractivity contribution in [3.8, 4) is 11.8 Å². The lowest BCUT2D eigenvalue weighted by Crippen LogP contribution is -2.08. The Bertz CT molecular complexity index is 650. The molecule has 1 aromatic heterocycles. The van der Waals surface area contributed by atoms with Crippen molar-refractivity contribution in [2.24, 2.45) is 5.73 Å². The van der Waals surface area contributed by atoms with E-state index in [1.807, 2.05) is 31.2 Å². The van der Waals surface area contributed by atoms with E-state index in [0.717, 1.165) is 21.3 Å². The summed E-state index contributed by atoms with van der Waals surface area (Å²) in [5.41, 5.74) is 8.00. The Morgan fingerprint density at radius 2 is 2.25 bits per heavy atom. The number of aromatic nitrogens is 1. The minimum Gasteiger partial charge on any atom is -0.488 e. The first-order chi connectivity index (χ1) is 9.61. The number of nitrogens with zero attached hydrogens (tertiary/aromatic N) is 2. The molecule has 1 unspecified atom stereocenters. The molecule has 1 aromatic carbocycles. The molecule has 20 heavy (non-hydrogen) atoms. The fraction of sp³-hybridized carbons (Fsp3) is 0.200. The molecule has 5 heteroatoms. The highest BCUT2D eigenvalue weighted by atomic mass is 79.9. The van der Waals surface area contributed by atoms with Crippen LogP contribution < -0.4 is 10.5 Å². The highest BCUT2D eigenvalue weighted by Gasteiger charge is 2.10. The van der Waals surface area contributed by atoms with Gasteiger partial charge in [0, 0.05) is 27.8 Å². The lowest BCUT2D eigenvalue weighted by Gasteiger charge is -2.14. The molecule has 0 aliphatic carbocycles. The van der Waals surface area contributed by atoms with Crippen molar-refractivity contribution in [3.05, 3.63) is 57.8 Å². The first-order valence-electron chi connectivity index (χ1n) is 6.13. The average molecular weight is 332 g/mol. The minimum absolute atomic E-state index is 0.133. The monoisotopic (exact) mass is 331 g/mol. The fourth-order valence-corrected chi connectivity index (χ4v) is 2.20. The second-order valence-electron chi connectivity index (χ2n) is 4.38. The van der Waals surface area contributed by atoms with Crippen molar-refractivity contribution in [3.63, 3.8) is 0 Å². The summed E-state index contributed by atoms with van der Waals surface area (Å²) in [6.45, 7) is 2.19. The summed E-state index contributed by atoms with van der Waals surface area (Å²) in [6, 6.07) is 11.2.